The van der Waals surface area contributed by atoms with Gasteiger partial charge in [-0.1, -0.05) is 13.8 Å². The van der Waals surface area contributed by atoms with Gasteiger partial charge in [-0.3, -0.25) is 0 Å². The largest absolute Gasteiger partial charge is 0.354 e. The van der Waals surface area contributed by atoms with E-state index in [1.165, 1.54) is 42.8 Å². The summed E-state index contributed by atoms with van der Waals surface area (Å²) < 4.78 is 0. The van der Waals surface area contributed by atoms with Gasteiger partial charge < -0.3 is 10.2 Å². The first-order valence-corrected chi connectivity index (χ1v) is 8.18. The number of hydrogen-bond donors (Lipinski definition) is 1. The Bertz CT molecular complexity index is 461. The van der Waals surface area contributed by atoms with Crippen LogP contribution in [0, 0.1) is 0 Å². The standard InChI is InChI=1S/C17H27N3/c1-4-20(15-7-8-15)17-10-13(11-18-14-5-6-14)9-16(19-17)12(2)3/h9-10,12,14-15,18H,4-8,11H2,1-3H3. The summed E-state index contributed by atoms with van der Waals surface area (Å²) in [5.41, 5.74) is 2.62. The Balaban J connectivity index is 1.82. The lowest BCUT2D eigenvalue weighted by molar-refractivity contribution is 0.682. The third kappa shape index (κ3) is 3.32. The number of pyridine rings is 1. The Morgan fingerprint density at radius 2 is 2.00 bits per heavy atom. The molecule has 2 aliphatic carbocycles. The Labute approximate surface area is 122 Å². The van der Waals surface area contributed by atoms with Gasteiger partial charge in [0.15, 0.2) is 0 Å². The molecule has 0 atom stereocenters. The van der Waals surface area contributed by atoms with Crippen molar-refractivity contribution >= 4 is 5.82 Å². The van der Waals surface area contributed by atoms with Crippen LogP contribution in [0.15, 0.2) is 12.1 Å². The fraction of sp³-hybridized carbons (Fsp3) is 0.706. The highest BCUT2D eigenvalue weighted by atomic mass is 15.2. The van der Waals surface area contributed by atoms with Gasteiger partial charge in [0.1, 0.15) is 5.82 Å². The minimum Gasteiger partial charge on any atom is -0.354 e. The maximum Gasteiger partial charge on any atom is 0.129 e. The average molecular weight is 273 g/mol. The lowest BCUT2D eigenvalue weighted by Crippen LogP contribution is -2.27. The molecule has 0 saturated heterocycles. The first kappa shape index (κ1) is 13.9. The highest BCUT2D eigenvalue weighted by Gasteiger charge is 2.29. The van der Waals surface area contributed by atoms with Gasteiger partial charge in [-0.2, -0.15) is 0 Å². The zero-order valence-electron chi connectivity index (χ0n) is 13.0. The fourth-order valence-electron chi connectivity index (χ4n) is 2.68. The van der Waals surface area contributed by atoms with Crippen LogP contribution in [0.3, 0.4) is 0 Å². The van der Waals surface area contributed by atoms with E-state index in [0.29, 0.717) is 5.92 Å². The van der Waals surface area contributed by atoms with E-state index in [1.807, 2.05) is 0 Å². The summed E-state index contributed by atoms with van der Waals surface area (Å²) in [6, 6.07) is 6.08. The number of nitrogens with one attached hydrogen (secondary N) is 1. The van der Waals surface area contributed by atoms with Crippen molar-refractivity contribution in [3.05, 3.63) is 23.4 Å². The third-order valence-electron chi connectivity index (χ3n) is 4.28. The number of nitrogens with zero attached hydrogens (tertiary/aromatic N) is 2. The number of rotatable bonds is 7. The topological polar surface area (TPSA) is 28.2 Å². The molecule has 110 valence electrons. The van der Waals surface area contributed by atoms with Gasteiger partial charge in [0.05, 0.1) is 0 Å². The van der Waals surface area contributed by atoms with Crippen molar-refractivity contribution in [3.63, 3.8) is 0 Å². The molecule has 1 aromatic rings. The van der Waals surface area contributed by atoms with E-state index in [2.05, 4.69) is 43.1 Å². The Morgan fingerprint density at radius 3 is 2.55 bits per heavy atom. The van der Waals surface area contributed by atoms with Crippen molar-refractivity contribution in [2.75, 3.05) is 11.4 Å². The second-order valence-electron chi connectivity index (χ2n) is 6.59. The predicted octanol–water partition coefficient (Wildman–Crippen LogP) is 3.45. The molecule has 0 spiro atoms. The molecule has 1 aromatic heterocycles. The van der Waals surface area contributed by atoms with Gasteiger partial charge >= 0.3 is 0 Å². The summed E-state index contributed by atoms with van der Waals surface area (Å²) in [6.07, 6.45) is 5.35. The molecule has 3 heteroatoms. The molecule has 0 aliphatic heterocycles. The molecule has 3 rings (SSSR count). The second-order valence-corrected chi connectivity index (χ2v) is 6.59. The summed E-state index contributed by atoms with van der Waals surface area (Å²) in [6.45, 7) is 8.76. The Hall–Kier alpha value is -1.09. The normalized spacial score (nSPS) is 18.6. The van der Waals surface area contributed by atoms with Gasteiger partial charge in [-0.25, -0.2) is 4.98 Å². The molecule has 20 heavy (non-hydrogen) atoms. The zero-order valence-corrected chi connectivity index (χ0v) is 13.0. The summed E-state index contributed by atoms with van der Waals surface area (Å²) in [7, 11) is 0. The van der Waals surface area contributed by atoms with Crippen LogP contribution in [0.4, 0.5) is 5.82 Å². The second kappa shape index (κ2) is 5.72. The van der Waals surface area contributed by atoms with E-state index < -0.39 is 0 Å². The van der Waals surface area contributed by atoms with E-state index in [4.69, 9.17) is 4.98 Å². The molecule has 0 amide bonds. The number of anilines is 1. The van der Waals surface area contributed by atoms with Crippen LogP contribution >= 0.6 is 0 Å². The quantitative estimate of drug-likeness (QED) is 0.825. The monoisotopic (exact) mass is 273 g/mol. The Kier molecular flexibility index (Phi) is 3.97. The lowest BCUT2D eigenvalue weighted by Gasteiger charge is -2.23. The summed E-state index contributed by atoms with van der Waals surface area (Å²) in [5, 5.41) is 3.62. The highest BCUT2D eigenvalue weighted by Crippen LogP contribution is 2.32. The molecule has 0 aromatic carbocycles. The van der Waals surface area contributed by atoms with Crippen LogP contribution in [0.2, 0.25) is 0 Å². The maximum absolute atomic E-state index is 4.91. The van der Waals surface area contributed by atoms with Crippen molar-refractivity contribution in [3.8, 4) is 0 Å². The fourth-order valence-corrected chi connectivity index (χ4v) is 2.68. The molecular weight excluding hydrogens is 246 g/mol. The van der Waals surface area contributed by atoms with Crippen molar-refractivity contribution < 1.29 is 0 Å². The van der Waals surface area contributed by atoms with Crippen molar-refractivity contribution in [2.24, 2.45) is 0 Å². The van der Waals surface area contributed by atoms with E-state index in [9.17, 15) is 0 Å². The molecular formula is C17H27N3. The smallest absolute Gasteiger partial charge is 0.129 e. The lowest BCUT2D eigenvalue weighted by atomic mass is 10.1. The van der Waals surface area contributed by atoms with Crippen molar-refractivity contribution in [1.29, 1.82) is 0 Å². The minimum atomic E-state index is 0.493. The van der Waals surface area contributed by atoms with Gasteiger partial charge in [-0.05, 0) is 56.2 Å². The molecule has 1 heterocycles. The molecule has 3 nitrogen and oxygen atoms in total. The van der Waals surface area contributed by atoms with Gasteiger partial charge in [0.25, 0.3) is 0 Å². The molecule has 0 bridgehead atoms. The van der Waals surface area contributed by atoms with Crippen molar-refractivity contribution in [1.82, 2.24) is 10.3 Å². The maximum atomic E-state index is 4.91. The highest BCUT2D eigenvalue weighted by molar-refractivity contribution is 5.45. The minimum absolute atomic E-state index is 0.493. The molecule has 1 N–H and O–H groups in total. The van der Waals surface area contributed by atoms with Gasteiger partial charge in [0, 0.05) is 30.9 Å². The van der Waals surface area contributed by atoms with Crippen LogP contribution in [-0.2, 0) is 6.54 Å². The van der Waals surface area contributed by atoms with E-state index in [0.717, 1.165) is 25.2 Å². The molecule has 0 radical (unpaired) electrons. The van der Waals surface area contributed by atoms with Crippen molar-refractivity contribution in [2.45, 2.75) is 71.0 Å². The SMILES string of the molecule is CCN(c1cc(CNC2CC2)cc(C(C)C)n1)C1CC1. The van der Waals surface area contributed by atoms with Gasteiger partial charge in [-0.15, -0.1) is 0 Å². The van der Waals surface area contributed by atoms with E-state index in [-0.39, 0.29) is 0 Å². The predicted molar refractivity (Wildman–Crippen MR) is 84.2 cm³/mol. The van der Waals surface area contributed by atoms with Crippen LogP contribution < -0.4 is 10.2 Å². The number of hydrogen-bond acceptors (Lipinski definition) is 3. The first-order valence-electron chi connectivity index (χ1n) is 8.18. The van der Waals surface area contributed by atoms with E-state index in [1.54, 1.807) is 0 Å². The first-order chi connectivity index (χ1) is 9.67. The summed E-state index contributed by atoms with van der Waals surface area (Å²) >= 11 is 0. The van der Waals surface area contributed by atoms with Gasteiger partial charge in [0.2, 0.25) is 0 Å². The van der Waals surface area contributed by atoms with Crippen LogP contribution in [-0.4, -0.2) is 23.6 Å². The Morgan fingerprint density at radius 1 is 1.25 bits per heavy atom. The molecule has 2 fully saturated rings. The average Bonchev–Trinajstić information content (AvgIpc) is 3.30. The van der Waals surface area contributed by atoms with Crippen LogP contribution in [0.5, 0.6) is 0 Å². The van der Waals surface area contributed by atoms with Crippen LogP contribution in [0.1, 0.15) is 63.6 Å². The third-order valence-corrected chi connectivity index (χ3v) is 4.28. The van der Waals surface area contributed by atoms with E-state index >= 15 is 0 Å². The summed E-state index contributed by atoms with van der Waals surface area (Å²) in [5.74, 6) is 1.68. The molecule has 2 saturated carbocycles. The summed E-state index contributed by atoms with van der Waals surface area (Å²) in [4.78, 5) is 7.38. The molecule has 0 unspecified atom stereocenters. The van der Waals surface area contributed by atoms with Crippen LogP contribution in [0.25, 0.3) is 0 Å². The zero-order chi connectivity index (χ0) is 14.1. The molecule has 2 aliphatic rings. The number of aromatic nitrogens is 1.